The van der Waals surface area contributed by atoms with E-state index in [9.17, 15) is 0 Å². The van der Waals surface area contributed by atoms with Crippen LogP contribution in [0.25, 0.3) is 0 Å². The van der Waals surface area contributed by atoms with Gasteiger partial charge in [0.25, 0.3) is 0 Å². The lowest BCUT2D eigenvalue weighted by molar-refractivity contribution is -0.890. The van der Waals surface area contributed by atoms with E-state index in [2.05, 4.69) is 21.0 Å². The fraction of sp³-hybridized carbons (Fsp3) is 0.960. The van der Waals surface area contributed by atoms with E-state index in [0.29, 0.717) is 6.61 Å². The average molecular weight is 432 g/mol. The summed E-state index contributed by atoms with van der Waals surface area (Å²) in [6.07, 6.45) is 23.9. The van der Waals surface area contributed by atoms with Crippen LogP contribution >= 0.6 is 0 Å². The number of rotatable bonds is 21. The average Bonchev–Trinajstić information content (AvgIpc) is 2.72. The molecule has 0 aromatic heterocycles. The summed E-state index contributed by atoms with van der Waals surface area (Å²) < 4.78 is 1.07. The summed E-state index contributed by atoms with van der Waals surface area (Å²) in [4.78, 5) is 9.01. The van der Waals surface area contributed by atoms with Gasteiger partial charge < -0.3 is 24.6 Å². The first-order chi connectivity index (χ1) is 14.4. The third-order valence-electron chi connectivity index (χ3n) is 5.67. The van der Waals surface area contributed by atoms with Crippen molar-refractivity contribution in [1.82, 2.24) is 0 Å². The molecule has 0 bridgehead atoms. The summed E-state index contributed by atoms with van der Waals surface area (Å²) in [5.74, 6) is -1.44. The maximum atomic E-state index is 9.01. The molecule has 5 heteroatoms. The Labute approximate surface area is 187 Å². The van der Waals surface area contributed by atoms with Crippen LogP contribution < -0.4 is 5.11 Å². The molecule has 0 unspecified atom stereocenters. The Bertz CT molecular complexity index is 348. The highest BCUT2D eigenvalue weighted by atomic mass is 16.4. The lowest BCUT2D eigenvalue weighted by Crippen LogP contribution is -2.41. The van der Waals surface area contributed by atoms with Gasteiger partial charge in [0.2, 0.25) is 0 Å². The number of carboxylic acids is 1. The van der Waals surface area contributed by atoms with E-state index in [0.717, 1.165) is 17.4 Å². The van der Waals surface area contributed by atoms with Gasteiger partial charge in [-0.15, -0.1) is 0 Å². The molecule has 0 saturated carbocycles. The Hall–Kier alpha value is -0.650. The quantitative estimate of drug-likeness (QED) is 0.208. The van der Waals surface area contributed by atoms with E-state index in [4.69, 9.17) is 20.1 Å². The molecule has 0 heterocycles. The molecule has 5 nitrogen and oxygen atoms in total. The molecular weight excluding hydrogens is 378 g/mol. The largest absolute Gasteiger partial charge is 0.548 e. The van der Waals surface area contributed by atoms with Crippen molar-refractivity contribution in [2.24, 2.45) is 0 Å². The van der Waals surface area contributed by atoms with Gasteiger partial charge in [-0.2, -0.15) is 0 Å². The number of hydrogen-bond donors (Lipinski definition) is 2. The first-order valence-corrected chi connectivity index (χ1v) is 12.6. The molecule has 0 saturated heterocycles. The first kappa shape index (κ1) is 31.5. The van der Waals surface area contributed by atoms with Crippen molar-refractivity contribution in [2.45, 2.75) is 116 Å². The second kappa shape index (κ2) is 24.6. The van der Waals surface area contributed by atoms with Crippen molar-refractivity contribution in [2.75, 3.05) is 40.4 Å². The Morgan fingerprint density at radius 3 is 1.23 bits per heavy atom. The molecule has 0 aliphatic heterocycles. The molecule has 0 rings (SSSR count). The summed E-state index contributed by atoms with van der Waals surface area (Å²) in [7, 11) is 4.59. The van der Waals surface area contributed by atoms with Gasteiger partial charge in [-0.25, -0.2) is 0 Å². The Balaban J connectivity index is 0. The van der Waals surface area contributed by atoms with Crippen LogP contribution in [0.1, 0.15) is 116 Å². The number of nitrogens with zero attached hydrogens (tertiary/aromatic N) is 1. The second-order valence-electron chi connectivity index (χ2n) is 9.29. The van der Waals surface area contributed by atoms with Gasteiger partial charge in [0.1, 0.15) is 0 Å². The second-order valence-corrected chi connectivity index (χ2v) is 9.29. The van der Waals surface area contributed by atoms with Gasteiger partial charge in [0.15, 0.2) is 0 Å². The molecule has 0 fully saturated rings. The van der Waals surface area contributed by atoms with Gasteiger partial charge in [-0.3, -0.25) is 0 Å². The van der Waals surface area contributed by atoms with E-state index in [1.54, 1.807) is 0 Å². The van der Waals surface area contributed by atoms with Gasteiger partial charge in [0, 0.05) is 13.0 Å². The predicted octanol–water partition coefficient (Wildman–Crippen LogP) is 4.44. The van der Waals surface area contributed by atoms with Gasteiger partial charge in [-0.05, 0) is 12.8 Å². The van der Waals surface area contributed by atoms with Gasteiger partial charge in [-0.1, -0.05) is 96.8 Å². The number of unbranched alkanes of at least 4 members (excludes halogenated alkanes) is 15. The molecule has 0 aromatic carbocycles. The summed E-state index contributed by atoms with van der Waals surface area (Å²) in [5.41, 5.74) is 0. The predicted molar refractivity (Wildman–Crippen MR) is 125 cm³/mol. The van der Waals surface area contributed by atoms with Crippen molar-refractivity contribution >= 4 is 5.97 Å². The van der Waals surface area contributed by atoms with Crippen LogP contribution in [0.3, 0.4) is 0 Å². The highest BCUT2D eigenvalue weighted by molar-refractivity contribution is 5.65. The number of carbonyl (C=O) groups excluding carboxylic acids is 1. The van der Waals surface area contributed by atoms with E-state index in [-0.39, 0.29) is 0 Å². The topological polar surface area (TPSA) is 80.6 Å². The van der Waals surface area contributed by atoms with Crippen molar-refractivity contribution in [3.63, 3.8) is 0 Å². The SMILES string of the molecule is CCCCCCCCCCCCCCCCCC[N+](C)(C)CCCO.O=C([O-])CO. The summed E-state index contributed by atoms with van der Waals surface area (Å²) in [6.45, 7) is 4.11. The Morgan fingerprint density at radius 1 is 0.633 bits per heavy atom. The lowest BCUT2D eigenvalue weighted by Gasteiger charge is -2.29. The molecule has 0 radical (unpaired) electrons. The number of aliphatic hydroxyl groups is 2. The van der Waals surface area contributed by atoms with Crippen molar-refractivity contribution in [1.29, 1.82) is 0 Å². The van der Waals surface area contributed by atoms with Crippen LogP contribution in [0, 0.1) is 0 Å². The number of carboxylic acid groups (broad SMARTS) is 1. The summed E-state index contributed by atoms with van der Waals surface area (Å²) >= 11 is 0. The molecular formula is C25H53NO4. The minimum Gasteiger partial charge on any atom is -0.548 e. The number of hydrogen-bond acceptors (Lipinski definition) is 4. The standard InChI is InChI=1S/C23H50NO.C2H4O3/c1-4-5-6-7-8-9-10-11-12-13-14-15-16-17-18-19-21-24(2,3)22-20-23-25;3-1-2(4)5/h25H,4-23H2,1-3H3;3H,1H2,(H,4,5)/q+1;/p-1. The molecule has 2 N–H and O–H groups in total. The van der Waals surface area contributed by atoms with E-state index in [1.165, 1.54) is 109 Å². The van der Waals surface area contributed by atoms with Crippen LogP contribution in [0.5, 0.6) is 0 Å². The maximum absolute atomic E-state index is 9.01. The first-order valence-electron chi connectivity index (χ1n) is 12.6. The summed E-state index contributed by atoms with van der Waals surface area (Å²) in [6, 6.07) is 0. The van der Waals surface area contributed by atoms with Gasteiger partial charge in [0.05, 0.1) is 39.8 Å². The lowest BCUT2D eigenvalue weighted by atomic mass is 10.0. The molecule has 30 heavy (non-hydrogen) atoms. The zero-order valence-corrected chi connectivity index (χ0v) is 20.5. The van der Waals surface area contributed by atoms with Gasteiger partial charge >= 0.3 is 0 Å². The number of carbonyl (C=O) groups is 1. The molecule has 0 amide bonds. The number of quaternary nitrogens is 1. The third-order valence-corrected chi connectivity index (χ3v) is 5.67. The summed E-state index contributed by atoms with van der Waals surface area (Å²) in [5, 5.41) is 25.4. The van der Waals surface area contributed by atoms with Crippen molar-refractivity contribution in [3.05, 3.63) is 0 Å². The fourth-order valence-corrected chi connectivity index (χ4v) is 3.70. The Kier molecular flexibility index (Phi) is 25.9. The van der Waals surface area contributed by atoms with Crippen molar-refractivity contribution in [3.8, 4) is 0 Å². The highest BCUT2D eigenvalue weighted by Gasteiger charge is 2.13. The molecule has 182 valence electrons. The number of aliphatic hydroxyl groups excluding tert-OH is 2. The van der Waals surface area contributed by atoms with Crippen LogP contribution in [0.4, 0.5) is 0 Å². The third kappa shape index (κ3) is 29.6. The van der Waals surface area contributed by atoms with E-state index >= 15 is 0 Å². The van der Waals surface area contributed by atoms with Crippen LogP contribution in [-0.4, -0.2) is 61.1 Å². The van der Waals surface area contributed by atoms with Crippen LogP contribution in [0.15, 0.2) is 0 Å². The zero-order valence-electron chi connectivity index (χ0n) is 20.5. The van der Waals surface area contributed by atoms with Crippen LogP contribution in [-0.2, 0) is 4.79 Å². The molecule has 0 atom stereocenters. The normalized spacial score (nSPS) is 11.2. The molecule has 0 aliphatic carbocycles. The Morgan fingerprint density at radius 2 is 0.933 bits per heavy atom. The smallest absolute Gasteiger partial charge is 0.0826 e. The molecule has 0 aromatic rings. The monoisotopic (exact) mass is 431 g/mol. The fourth-order valence-electron chi connectivity index (χ4n) is 3.70. The van der Waals surface area contributed by atoms with E-state index in [1.807, 2.05) is 0 Å². The van der Waals surface area contributed by atoms with Crippen LogP contribution in [0.2, 0.25) is 0 Å². The minimum atomic E-state index is -1.44. The molecule has 0 aliphatic rings. The van der Waals surface area contributed by atoms with Crippen molar-refractivity contribution < 1.29 is 24.6 Å². The minimum absolute atomic E-state index is 0.334. The molecule has 0 spiro atoms. The number of aliphatic carboxylic acids is 1. The van der Waals surface area contributed by atoms with E-state index < -0.39 is 12.6 Å². The maximum Gasteiger partial charge on any atom is 0.0826 e. The highest BCUT2D eigenvalue weighted by Crippen LogP contribution is 2.14. The zero-order chi connectivity index (χ0) is 22.9.